The summed E-state index contributed by atoms with van der Waals surface area (Å²) in [7, 11) is 0. The lowest BCUT2D eigenvalue weighted by molar-refractivity contribution is 0.124. The molecule has 0 atom stereocenters. The van der Waals surface area contributed by atoms with Crippen molar-refractivity contribution in [3.8, 4) is 5.88 Å². The normalized spacial score (nSPS) is 12.1. The van der Waals surface area contributed by atoms with E-state index in [0.717, 1.165) is 56.4 Å². The quantitative estimate of drug-likeness (QED) is 0.340. The maximum absolute atomic E-state index is 5.76. The molecule has 29 heavy (non-hydrogen) atoms. The summed E-state index contributed by atoms with van der Waals surface area (Å²) in [5, 5.41) is 6.71. The fourth-order valence-electron chi connectivity index (χ4n) is 2.51. The first kappa shape index (κ1) is 22.7. The van der Waals surface area contributed by atoms with Crippen LogP contribution >= 0.6 is 0 Å². The first-order valence-corrected chi connectivity index (χ1v) is 10.2. The standard InChI is InChI=1S/C22H34N4O3/c1-5-27-14-7-12-23-21(24-13-11-19-8-6-15-28-19)26-17-18-9-10-20(25-16-18)29-22(2,3)4/h6,8-10,15-16H,5,7,11-14,17H2,1-4H3,(H2,23,24,26). The Morgan fingerprint density at radius 3 is 2.66 bits per heavy atom. The fraction of sp³-hybridized carbons (Fsp3) is 0.545. The van der Waals surface area contributed by atoms with E-state index in [-0.39, 0.29) is 5.60 Å². The number of hydrogen-bond donors (Lipinski definition) is 2. The van der Waals surface area contributed by atoms with Crippen molar-refractivity contribution in [3.05, 3.63) is 48.0 Å². The van der Waals surface area contributed by atoms with Crippen LogP contribution in [-0.4, -0.2) is 42.8 Å². The van der Waals surface area contributed by atoms with Crippen molar-refractivity contribution in [1.82, 2.24) is 15.6 Å². The van der Waals surface area contributed by atoms with Gasteiger partial charge >= 0.3 is 0 Å². The molecule has 0 aliphatic heterocycles. The number of hydrogen-bond acceptors (Lipinski definition) is 5. The number of guanidine groups is 1. The molecular formula is C22H34N4O3. The van der Waals surface area contributed by atoms with E-state index >= 15 is 0 Å². The van der Waals surface area contributed by atoms with Crippen molar-refractivity contribution >= 4 is 5.96 Å². The Labute approximate surface area is 173 Å². The molecule has 0 aromatic carbocycles. The van der Waals surface area contributed by atoms with E-state index in [4.69, 9.17) is 13.9 Å². The summed E-state index contributed by atoms with van der Waals surface area (Å²) in [6.07, 6.45) is 5.22. The highest BCUT2D eigenvalue weighted by atomic mass is 16.5. The zero-order valence-electron chi connectivity index (χ0n) is 18.0. The minimum atomic E-state index is -0.261. The van der Waals surface area contributed by atoms with Gasteiger partial charge in [0.1, 0.15) is 11.4 Å². The molecule has 0 unspecified atom stereocenters. The zero-order chi connectivity index (χ0) is 21.0. The van der Waals surface area contributed by atoms with Crippen molar-refractivity contribution in [3.63, 3.8) is 0 Å². The molecule has 0 saturated heterocycles. The first-order chi connectivity index (χ1) is 14.0. The van der Waals surface area contributed by atoms with Crippen LogP contribution in [-0.2, 0) is 17.7 Å². The van der Waals surface area contributed by atoms with Gasteiger partial charge in [0.05, 0.1) is 12.8 Å². The van der Waals surface area contributed by atoms with Crippen LogP contribution in [0.25, 0.3) is 0 Å². The van der Waals surface area contributed by atoms with E-state index in [9.17, 15) is 0 Å². The zero-order valence-corrected chi connectivity index (χ0v) is 18.0. The van der Waals surface area contributed by atoms with Gasteiger partial charge in [0.2, 0.25) is 5.88 Å². The summed E-state index contributed by atoms with van der Waals surface area (Å²) < 4.78 is 16.5. The SMILES string of the molecule is CCOCCCNC(=NCc1ccc(OC(C)(C)C)nc1)NCCc1ccco1. The summed E-state index contributed by atoms with van der Waals surface area (Å²) in [6, 6.07) is 7.75. The molecule has 0 aliphatic rings. The third-order valence-corrected chi connectivity index (χ3v) is 3.83. The van der Waals surface area contributed by atoms with E-state index in [1.54, 1.807) is 12.5 Å². The minimum absolute atomic E-state index is 0.261. The third-order valence-electron chi connectivity index (χ3n) is 3.83. The number of aliphatic imine (C=N–C) groups is 1. The van der Waals surface area contributed by atoms with Gasteiger partial charge in [0, 0.05) is 45.0 Å². The maximum Gasteiger partial charge on any atom is 0.213 e. The van der Waals surface area contributed by atoms with Gasteiger partial charge in [-0.3, -0.25) is 0 Å². The van der Waals surface area contributed by atoms with Crippen molar-refractivity contribution < 1.29 is 13.9 Å². The molecule has 0 bridgehead atoms. The molecule has 2 rings (SSSR count). The van der Waals surface area contributed by atoms with Gasteiger partial charge in [-0.2, -0.15) is 0 Å². The second kappa shape index (κ2) is 12.1. The number of aromatic nitrogens is 1. The molecule has 2 aromatic rings. The Morgan fingerprint density at radius 2 is 2.00 bits per heavy atom. The molecule has 7 nitrogen and oxygen atoms in total. The first-order valence-electron chi connectivity index (χ1n) is 10.2. The number of nitrogens with one attached hydrogen (secondary N) is 2. The van der Waals surface area contributed by atoms with Crippen molar-refractivity contribution in [2.45, 2.75) is 52.7 Å². The molecular weight excluding hydrogens is 368 g/mol. The number of rotatable bonds is 11. The van der Waals surface area contributed by atoms with Crippen LogP contribution < -0.4 is 15.4 Å². The Hall–Kier alpha value is -2.54. The average molecular weight is 403 g/mol. The predicted molar refractivity (Wildman–Crippen MR) is 115 cm³/mol. The molecule has 0 fully saturated rings. The summed E-state index contributed by atoms with van der Waals surface area (Å²) in [5.41, 5.74) is 0.760. The summed E-state index contributed by atoms with van der Waals surface area (Å²) in [6.45, 7) is 11.6. The average Bonchev–Trinajstić information content (AvgIpc) is 3.19. The number of pyridine rings is 1. The van der Waals surface area contributed by atoms with Gasteiger partial charge in [-0.25, -0.2) is 9.98 Å². The lowest BCUT2D eigenvalue weighted by Crippen LogP contribution is -2.39. The molecule has 0 spiro atoms. The molecule has 0 saturated carbocycles. The number of furan rings is 1. The predicted octanol–water partition coefficient (Wildman–Crippen LogP) is 3.56. The van der Waals surface area contributed by atoms with Crippen LogP contribution in [0.1, 0.15) is 45.4 Å². The second-order valence-electron chi connectivity index (χ2n) is 7.62. The van der Waals surface area contributed by atoms with E-state index in [1.165, 1.54) is 0 Å². The van der Waals surface area contributed by atoms with Crippen molar-refractivity contribution in [2.75, 3.05) is 26.3 Å². The van der Waals surface area contributed by atoms with E-state index in [0.29, 0.717) is 12.4 Å². The smallest absolute Gasteiger partial charge is 0.213 e. The molecule has 0 amide bonds. The van der Waals surface area contributed by atoms with Gasteiger partial charge in [0.15, 0.2) is 5.96 Å². The summed E-state index contributed by atoms with van der Waals surface area (Å²) >= 11 is 0. The lowest BCUT2D eigenvalue weighted by Gasteiger charge is -2.20. The minimum Gasteiger partial charge on any atom is -0.472 e. The van der Waals surface area contributed by atoms with Gasteiger partial charge < -0.3 is 24.5 Å². The molecule has 2 aromatic heterocycles. The van der Waals surface area contributed by atoms with Gasteiger partial charge in [0.25, 0.3) is 0 Å². The Balaban J connectivity index is 1.87. The van der Waals surface area contributed by atoms with Crippen LogP contribution in [0, 0.1) is 0 Å². The molecule has 0 radical (unpaired) electrons. The highest BCUT2D eigenvalue weighted by Gasteiger charge is 2.12. The van der Waals surface area contributed by atoms with Crippen LogP contribution in [0.15, 0.2) is 46.1 Å². The van der Waals surface area contributed by atoms with Crippen LogP contribution in [0.4, 0.5) is 0 Å². The van der Waals surface area contributed by atoms with Crippen molar-refractivity contribution in [1.29, 1.82) is 0 Å². The highest BCUT2D eigenvalue weighted by Crippen LogP contribution is 2.15. The van der Waals surface area contributed by atoms with E-state index in [1.807, 2.05) is 52.0 Å². The summed E-state index contributed by atoms with van der Waals surface area (Å²) in [4.78, 5) is 9.05. The van der Waals surface area contributed by atoms with E-state index in [2.05, 4.69) is 20.6 Å². The Bertz CT molecular complexity index is 707. The monoisotopic (exact) mass is 402 g/mol. The lowest BCUT2D eigenvalue weighted by atomic mass is 10.2. The molecule has 0 aliphatic carbocycles. The highest BCUT2D eigenvalue weighted by molar-refractivity contribution is 5.79. The largest absolute Gasteiger partial charge is 0.472 e. The third kappa shape index (κ3) is 9.99. The van der Waals surface area contributed by atoms with Crippen LogP contribution in [0.2, 0.25) is 0 Å². The molecule has 2 N–H and O–H groups in total. The van der Waals surface area contributed by atoms with Gasteiger partial charge in [-0.05, 0) is 51.8 Å². The molecule has 160 valence electrons. The number of nitrogens with zero attached hydrogens (tertiary/aromatic N) is 2. The topological polar surface area (TPSA) is 80.9 Å². The van der Waals surface area contributed by atoms with Crippen LogP contribution in [0.5, 0.6) is 5.88 Å². The molecule has 2 heterocycles. The number of ether oxygens (including phenoxy) is 2. The van der Waals surface area contributed by atoms with Crippen LogP contribution in [0.3, 0.4) is 0 Å². The summed E-state index contributed by atoms with van der Waals surface area (Å²) in [5.74, 6) is 2.34. The van der Waals surface area contributed by atoms with Gasteiger partial charge in [-0.1, -0.05) is 6.07 Å². The second-order valence-corrected chi connectivity index (χ2v) is 7.62. The Morgan fingerprint density at radius 1 is 1.17 bits per heavy atom. The fourth-order valence-corrected chi connectivity index (χ4v) is 2.51. The van der Waals surface area contributed by atoms with E-state index < -0.39 is 0 Å². The van der Waals surface area contributed by atoms with Crippen molar-refractivity contribution in [2.24, 2.45) is 4.99 Å². The molecule has 7 heteroatoms. The maximum atomic E-state index is 5.76. The van der Waals surface area contributed by atoms with Gasteiger partial charge in [-0.15, -0.1) is 0 Å². The Kier molecular flexibility index (Phi) is 9.50.